The number of carbonyl (C=O) groups is 1. The smallest absolute Gasteiger partial charge is 0.234 e. The number of nitrogens with one attached hydrogen (secondary N) is 2. The third-order valence-electron chi connectivity index (χ3n) is 2.35. The molecule has 0 radical (unpaired) electrons. The Hall–Kier alpha value is -0.610. The zero-order valence-corrected chi connectivity index (χ0v) is 11.0. The summed E-state index contributed by atoms with van der Waals surface area (Å²) in [6.07, 6.45) is 1.82. The van der Waals surface area contributed by atoms with Gasteiger partial charge >= 0.3 is 0 Å². The van der Waals surface area contributed by atoms with Crippen molar-refractivity contribution in [2.75, 3.05) is 19.7 Å². The minimum Gasteiger partial charge on any atom is -0.396 e. The summed E-state index contributed by atoms with van der Waals surface area (Å²) in [7, 11) is 0. The van der Waals surface area contributed by atoms with Crippen LogP contribution in [-0.2, 0) is 4.79 Å². The van der Waals surface area contributed by atoms with Crippen molar-refractivity contribution in [3.63, 3.8) is 0 Å². The van der Waals surface area contributed by atoms with Gasteiger partial charge in [-0.3, -0.25) is 4.79 Å². The van der Waals surface area contributed by atoms with Crippen molar-refractivity contribution in [2.24, 2.45) is 5.92 Å². The Morgan fingerprint density at radius 2 is 2.00 bits per heavy atom. The third-order valence-corrected chi connectivity index (χ3v) is 2.35. The fraction of sp³-hybridized carbons (Fsp3) is 0.917. The normalized spacial score (nSPS) is 13.6. The highest BCUT2D eigenvalue weighted by Gasteiger charge is 2.13. The summed E-state index contributed by atoms with van der Waals surface area (Å²) >= 11 is 0. The summed E-state index contributed by atoms with van der Waals surface area (Å²) in [6.45, 7) is 9.34. The molecule has 0 aromatic heterocycles. The highest BCUT2D eigenvalue weighted by atomic mass is 16.3. The van der Waals surface area contributed by atoms with Gasteiger partial charge in [0.1, 0.15) is 0 Å². The van der Waals surface area contributed by atoms with Crippen molar-refractivity contribution in [3.05, 3.63) is 0 Å². The highest BCUT2D eigenvalue weighted by Crippen LogP contribution is 2.05. The molecule has 3 N–H and O–H groups in total. The molecule has 0 heterocycles. The molecular formula is C12H26N2O2. The van der Waals surface area contributed by atoms with Gasteiger partial charge in [-0.25, -0.2) is 0 Å². The van der Waals surface area contributed by atoms with Crippen LogP contribution < -0.4 is 10.6 Å². The van der Waals surface area contributed by atoms with E-state index in [1.807, 2.05) is 20.8 Å². The average molecular weight is 230 g/mol. The first-order valence-electron chi connectivity index (χ1n) is 6.01. The number of hydrogen-bond donors (Lipinski definition) is 3. The van der Waals surface area contributed by atoms with Gasteiger partial charge in [-0.2, -0.15) is 0 Å². The average Bonchev–Trinajstić information content (AvgIpc) is 2.13. The Balaban J connectivity index is 3.68. The number of carbonyl (C=O) groups excluding carboxylic acids is 1. The molecule has 0 saturated heterocycles. The summed E-state index contributed by atoms with van der Waals surface area (Å²) in [4.78, 5) is 11.5. The van der Waals surface area contributed by atoms with Gasteiger partial charge in [0.15, 0.2) is 0 Å². The zero-order valence-electron chi connectivity index (χ0n) is 11.0. The molecule has 0 fully saturated rings. The quantitative estimate of drug-likeness (QED) is 0.609. The van der Waals surface area contributed by atoms with Crippen LogP contribution in [0.2, 0.25) is 0 Å². The SMILES string of the molecule is CCC(CCO)CNCC(=O)NC(C)(C)C. The molecule has 0 aromatic carbocycles. The summed E-state index contributed by atoms with van der Waals surface area (Å²) in [5.41, 5.74) is -0.173. The molecule has 1 amide bonds. The first-order chi connectivity index (χ1) is 7.39. The van der Waals surface area contributed by atoms with Crippen LogP contribution in [0, 0.1) is 5.92 Å². The lowest BCUT2D eigenvalue weighted by atomic mass is 10.0. The predicted molar refractivity (Wildman–Crippen MR) is 66.2 cm³/mol. The monoisotopic (exact) mass is 230 g/mol. The van der Waals surface area contributed by atoms with Crippen LogP contribution in [0.25, 0.3) is 0 Å². The maximum absolute atomic E-state index is 11.5. The molecule has 96 valence electrons. The van der Waals surface area contributed by atoms with Gasteiger partial charge in [0.25, 0.3) is 0 Å². The molecule has 0 aliphatic carbocycles. The topological polar surface area (TPSA) is 61.4 Å². The van der Waals surface area contributed by atoms with Crippen LogP contribution in [-0.4, -0.2) is 36.2 Å². The van der Waals surface area contributed by atoms with E-state index in [9.17, 15) is 4.79 Å². The van der Waals surface area contributed by atoms with Crippen LogP contribution in [0.15, 0.2) is 0 Å². The molecule has 0 aromatic rings. The number of aliphatic hydroxyl groups excluding tert-OH is 1. The van der Waals surface area contributed by atoms with Gasteiger partial charge in [0.2, 0.25) is 5.91 Å². The van der Waals surface area contributed by atoms with Gasteiger partial charge < -0.3 is 15.7 Å². The molecule has 1 unspecified atom stereocenters. The number of amides is 1. The molecule has 0 rings (SSSR count). The maximum atomic E-state index is 11.5. The summed E-state index contributed by atoms with van der Waals surface area (Å²) in [5, 5.41) is 14.8. The second-order valence-electron chi connectivity index (χ2n) is 5.22. The molecule has 4 nitrogen and oxygen atoms in total. The van der Waals surface area contributed by atoms with E-state index < -0.39 is 0 Å². The lowest BCUT2D eigenvalue weighted by molar-refractivity contribution is -0.121. The summed E-state index contributed by atoms with van der Waals surface area (Å²) < 4.78 is 0. The molecule has 0 saturated carbocycles. The van der Waals surface area contributed by atoms with E-state index in [-0.39, 0.29) is 18.1 Å². The second kappa shape index (κ2) is 7.63. The Labute approximate surface area is 98.8 Å². The minimum atomic E-state index is -0.173. The Morgan fingerprint density at radius 1 is 1.38 bits per heavy atom. The van der Waals surface area contributed by atoms with Crippen molar-refractivity contribution in [2.45, 2.75) is 46.1 Å². The Morgan fingerprint density at radius 3 is 2.44 bits per heavy atom. The highest BCUT2D eigenvalue weighted by molar-refractivity contribution is 5.78. The Kier molecular flexibility index (Phi) is 7.34. The first kappa shape index (κ1) is 15.4. The first-order valence-corrected chi connectivity index (χ1v) is 6.01. The number of hydrogen-bond acceptors (Lipinski definition) is 3. The van der Waals surface area contributed by atoms with Crippen LogP contribution in [0.4, 0.5) is 0 Å². The number of rotatable bonds is 7. The zero-order chi connectivity index (χ0) is 12.6. The molecule has 0 bridgehead atoms. The van der Waals surface area contributed by atoms with Gasteiger partial charge in [-0.1, -0.05) is 13.3 Å². The van der Waals surface area contributed by atoms with E-state index in [1.165, 1.54) is 0 Å². The molecule has 4 heteroatoms. The van der Waals surface area contributed by atoms with Crippen molar-refractivity contribution in [1.29, 1.82) is 0 Å². The Bertz CT molecular complexity index is 200. The number of aliphatic hydroxyl groups is 1. The van der Waals surface area contributed by atoms with Gasteiger partial charge in [0.05, 0.1) is 6.54 Å². The standard InChI is InChI=1S/C12H26N2O2/c1-5-10(6-7-15)8-13-9-11(16)14-12(2,3)4/h10,13,15H,5-9H2,1-4H3,(H,14,16). The molecule has 0 aliphatic rings. The predicted octanol–water partition coefficient (Wildman–Crippen LogP) is 0.899. The fourth-order valence-electron chi connectivity index (χ4n) is 1.49. The second-order valence-corrected chi connectivity index (χ2v) is 5.22. The van der Waals surface area contributed by atoms with Crippen molar-refractivity contribution >= 4 is 5.91 Å². The maximum Gasteiger partial charge on any atom is 0.234 e. The van der Waals surface area contributed by atoms with E-state index in [0.29, 0.717) is 12.5 Å². The van der Waals surface area contributed by atoms with Gasteiger partial charge in [-0.15, -0.1) is 0 Å². The van der Waals surface area contributed by atoms with Crippen LogP contribution in [0.3, 0.4) is 0 Å². The largest absolute Gasteiger partial charge is 0.396 e. The van der Waals surface area contributed by atoms with Crippen molar-refractivity contribution < 1.29 is 9.90 Å². The van der Waals surface area contributed by atoms with Crippen molar-refractivity contribution in [3.8, 4) is 0 Å². The molecule has 0 aliphatic heterocycles. The molecular weight excluding hydrogens is 204 g/mol. The van der Waals surface area contributed by atoms with Crippen LogP contribution in [0.5, 0.6) is 0 Å². The van der Waals surface area contributed by atoms with E-state index in [4.69, 9.17) is 5.11 Å². The van der Waals surface area contributed by atoms with Crippen LogP contribution >= 0.6 is 0 Å². The minimum absolute atomic E-state index is 0.0198. The lowest BCUT2D eigenvalue weighted by Crippen LogP contribution is -2.45. The fourth-order valence-corrected chi connectivity index (χ4v) is 1.49. The van der Waals surface area contributed by atoms with E-state index in [0.717, 1.165) is 19.4 Å². The molecule has 16 heavy (non-hydrogen) atoms. The summed E-state index contributed by atoms with van der Waals surface area (Å²) in [5.74, 6) is 0.471. The van der Waals surface area contributed by atoms with E-state index >= 15 is 0 Å². The van der Waals surface area contributed by atoms with E-state index in [2.05, 4.69) is 17.6 Å². The molecule has 1 atom stereocenters. The lowest BCUT2D eigenvalue weighted by Gasteiger charge is -2.21. The third kappa shape index (κ3) is 8.68. The molecule has 0 spiro atoms. The van der Waals surface area contributed by atoms with Crippen molar-refractivity contribution in [1.82, 2.24) is 10.6 Å². The van der Waals surface area contributed by atoms with Gasteiger partial charge in [-0.05, 0) is 39.7 Å². The summed E-state index contributed by atoms with van der Waals surface area (Å²) in [6, 6.07) is 0. The van der Waals surface area contributed by atoms with E-state index in [1.54, 1.807) is 0 Å². The van der Waals surface area contributed by atoms with Crippen LogP contribution in [0.1, 0.15) is 40.5 Å². The van der Waals surface area contributed by atoms with Gasteiger partial charge in [0, 0.05) is 12.1 Å².